The second kappa shape index (κ2) is 8.45. The van der Waals surface area contributed by atoms with Crippen LogP contribution >= 0.6 is 24.0 Å². The number of methoxy groups -OCH3 is 2. The third-order valence-corrected chi connectivity index (χ3v) is 5.47. The van der Waals surface area contributed by atoms with Gasteiger partial charge in [-0.25, -0.2) is 0 Å². The van der Waals surface area contributed by atoms with Crippen LogP contribution in [0.1, 0.15) is 17.2 Å². The van der Waals surface area contributed by atoms with Crippen molar-refractivity contribution in [1.82, 2.24) is 4.90 Å². The van der Waals surface area contributed by atoms with Crippen LogP contribution in [0, 0.1) is 0 Å². The maximum atomic E-state index is 13.0. The lowest BCUT2D eigenvalue weighted by atomic mass is 10.1. The number of aliphatic carboxylic acids is 1. The molecule has 3 rings (SSSR count). The van der Waals surface area contributed by atoms with E-state index in [1.54, 1.807) is 54.6 Å². The third kappa shape index (κ3) is 3.74. The number of hydrogen-bond acceptors (Lipinski definition) is 7. The quantitative estimate of drug-likeness (QED) is 0.530. The molecule has 0 aromatic heterocycles. The molecule has 1 aliphatic heterocycles. The molecule has 2 aromatic rings. The van der Waals surface area contributed by atoms with E-state index in [0.29, 0.717) is 27.5 Å². The monoisotopic (exact) mass is 414 g/mol. The molecule has 6 nitrogen and oxygen atoms in total. The lowest BCUT2D eigenvalue weighted by molar-refractivity contribution is -0.310. The van der Waals surface area contributed by atoms with Gasteiger partial charge < -0.3 is 19.4 Å². The van der Waals surface area contributed by atoms with Gasteiger partial charge in [0.2, 0.25) is 0 Å². The zero-order valence-corrected chi connectivity index (χ0v) is 16.7. The van der Waals surface area contributed by atoms with Crippen LogP contribution in [0.2, 0.25) is 0 Å². The minimum absolute atomic E-state index is 0.149. The average Bonchev–Trinajstić information content (AvgIpc) is 2.96. The summed E-state index contributed by atoms with van der Waals surface area (Å²) in [7, 11) is 3.02. The number of nitrogens with zero attached hydrogens (tertiary/aromatic N) is 1. The normalized spacial score (nSPS) is 16.4. The Morgan fingerprint density at radius 2 is 1.86 bits per heavy atom. The van der Waals surface area contributed by atoms with Crippen molar-refractivity contribution in [1.29, 1.82) is 0 Å². The van der Waals surface area contributed by atoms with E-state index in [1.807, 2.05) is 0 Å². The number of para-hydroxylation sites is 1. The number of carboxylic acids is 1. The molecule has 1 heterocycles. The minimum Gasteiger partial charge on any atom is -0.547 e. The van der Waals surface area contributed by atoms with E-state index in [0.717, 1.165) is 16.7 Å². The van der Waals surface area contributed by atoms with Gasteiger partial charge in [-0.1, -0.05) is 66.4 Å². The number of hydrogen-bond donors (Lipinski definition) is 0. The van der Waals surface area contributed by atoms with Gasteiger partial charge in [0.25, 0.3) is 5.91 Å². The van der Waals surface area contributed by atoms with Crippen LogP contribution in [-0.4, -0.2) is 35.3 Å². The largest absolute Gasteiger partial charge is 0.547 e. The first-order valence-electron chi connectivity index (χ1n) is 8.21. The number of thioether (sulfide) groups is 1. The summed E-state index contributed by atoms with van der Waals surface area (Å²) in [5.74, 6) is -0.918. The minimum atomic E-state index is -1.40. The standard InChI is InChI=1S/C20H17NO5S2/c1-25-14-10-6-9-13(17(14)26-2)11-15-18(22)21(20(27)28-15)16(19(23)24)12-7-4-3-5-8-12/h3-11,16H,1-2H3,(H,23,24)/p-1/b15-11-/t16-/m0/s1. The number of amides is 1. The van der Waals surface area contributed by atoms with E-state index in [1.165, 1.54) is 14.2 Å². The number of ether oxygens (including phenoxy) is 2. The summed E-state index contributed by atoms with van der Waals surface area (Å²) in [4.78, 5) is 26.1. The van der Waals surface area contributed by atoms with Crippen molar-refractivity contribution in [2.75, 3.05) is 14.2 Å². The number of thiocarbonyl (C=S) groups is 1. The van der Waals surface area contributed by atoms with Crippen molar-refractivity contribution in [3.8, 4) is 11.5 Å². The highest BCUT2D eigenvalue weighted by Gasteiger charge is 2.38. The highest BCUT2D eigenvalue weighted by Crippen LogP contribution is 2.40. The first kappa shape index (κ1) is 19.9. The Balaban J connectivity index is 2.00. The second-order valence-corrected chi connectivity index (χ2v) is 7.44. The van der Waals surface area contributed by atoms with Gasteiger partial charge in [-0.05, 0) is 17.7 Å². The number of rotatable bonds is 6. The predicted octanol–water partition coefficient (Wildman–Crippen LogP) is 2.40. The Bertz CT molecular complexity index is 958. The molecule has 8 heteroatoms. The lowest BCUT2D eigenvalue weighted by Crippen LogP contribution is -2.43. The SMILES string of the molecule is COc1cccc(/C=C2\SC(=S)N([C@H](C(=O)[O-])c3ccccc3)C2=O)c1OC. The molecule has 0 radical (unpaired) electrons. The van der Waals surface area contributed by atoms with Gasteiger partial charge in [0, 0.05) is 5.56 Å². The van der Waals surface area contributed by atoms with Crippen LogP contribution in [0.5, 0.6) is 11.5 Å². The van der Waals surface area contributed by atoms with Crippen LogP contribution in [0.15, 0.2) is 53.4 Å². The summed E-state index contributed by atoms with van der Waals surface area (Å²) >= 11 is 6.33. The second-order valence-electron chi connectivity index (χ2n) is 5.77. The topological polar surface area (TPSA) is 78.9 Å². The van der Waals surface area contributed by atoms with Crippen LogP contribution < -0.4 is 14.6 Å². The molecule has 0 saturated carbocycles. The Kier molecular flexibility index (Phi) is 6.01. The van der Waals surface area contributed by atoms with Crippen molar-refractivity contribution in [2.45, 2.75) is 6.04 Å². The molecule has 0 unspecified atom stereocenters. The van der Waals surface area contributed by atoms with E-state index in [4.69, 9.17) is 21.7 Å². The highest BCUT2D eigenvalue weighted by molar-refractivity contribution is 8.26. The Morgan fingerprint density at radius 1 is 1.14 bits per heavy atom. The molecule has 1 fully saturated rings. The van der Waals surface area contributed by atoms with E-state index >= 15 is 0 Å². The molecule has 0 aliphatic carbocycles. The van der Waals surface area contributed by atoms with Crippen molar-refractivity contribution in [2.24, 2.45) is 0 Å². The summed E-state index contributed by atoms with van der Waals surface area (Å²) in [6.07, 6.45) is 1.61. The maximum absolute atomic E-state index is 13.0. The van der Waals surface area contributed by atoms with Gasteiger partial charge in [0.05, 0.1) is 25.1 Å². The molecule has 1 aliphatic rings. The van der Waals surface area contributed by atoms with Crippen molar-refractivity contribution in [3.05, 3.63) is 64.6 Å². The molecule has 0 spiro atoms. The zero-order valence-electron chi connectivity index (χ0n) is 15.1. The lowest BCUT2D eigenvalue weighted by Gasteiger charge is -2.27. The third-order valence-electron chi connectivity index (χ3n) is 4.14. The Labute approximate surface area is 171 Å². The van der Waals surface area contributed by atoms with E-state index in [2.05, 4.69) is 0 Å². The molecule has 1 saturated heterocycles. The first-order chi connectivity index (χ1) is 13.5. The van der Waals surface area contributed by atoms with E-state index in [-0.39, 0.29) is 4.32 Å². The summed E-state index contributed by atoms with van der Waals surface area (Å²) < 4.78 is 10.8. The fraction of sp³-hybridized carbons (Fsp3) is 0.150. The summed E-state index contributed by atoms with van der Waals surface area (Å²) in [6.45, 7) is 0. The molecular formula is C20H16NO5S2-. The fourth-order valence-corrected chi connectivity index (χ4v) is 4.20. The summed E-state index contributed by atoms with van der Waals surface area (Å²) in [5, 5.41) is 11.8. The fourth-order valence-electron chi connectivity index (χ4n) is 2.90. The summed E-state index contributed by atoms with van der Waals surface area (Å²) in [5.41, 5.74) is 1.03. The molecule has 144 valence electrons. The maximum Gasteiger partial charge on any atom is 0.267 e. The number of benzene rings is 2. The van der Waals surface area contributed by atoms with Crippen molar-refractivity contribution < 1.29 is 24.2 Å². The molecular weight excluding hydrogens is 398 g/mol. The Morgan fingerprint density at radius 3 is 2.46 bits per heavy atom. The molecule has 1 amide bonds. The zero-order chi connectivity index (χ0) is 20.3. The van der Waals surface area contributed by atoms with Crippen LogP contribution in [-0.2, 0) is 9.59 Å². The van der Waals surface area contributed by atoms with Crippen molar-refractivity contribution in [3.63, 3.8) is 0 Å². The van der Waals surface area contributed by atoms with Crippen LogP contribution in [0.3, 0.4) is 0 Å². The van der Waals surface area contributed by atoms with Gasteiger partial charge in [0.1, 0.15) is 10.4 Å². The average molecular weight is 414 g/mol. The van der Waals surface area contributed by atoms with Gasteiger partial charge in [-0.15, -0.1) is 0 Å². The molecule has 28 heavy (non-hydrogen) atoms. The van der Waals surface area contributed by atoms with Crippen LogP contribution in [0.4, 0.5) is 0 Å². The highest BCUT2D eigenvalue weighted by atomic mass is 32.2. The summed E-state index contributed by atoms with van der Waals surface area (Å²) in [6, 6.07) is 12.4. The molecule has 0 bridgehead atoms. The predicted molar refractivity (Wildman–Crippen MR) is 109 cm³/mol. The number of carbonyl (C=O) groups excluding carboxylic acids is 2. The van der Waals surface area contributed by atoms with Gasteiger partial charge in [0.15, 0.2) is 11.5 Å². The van der Waals surface area contributed by atoms with Gasteiger partial charge in [-0.3, -0.25) is 9.69 Å². The number of carbonyl (C=O) groups is 2. The molecule has 0 N–H and O–H groups in total. The number of carboxylic acid groups (broad SMARTS) is 1. The molecule has 1 atom stereocenters. The van der Waals surface area contributed by atoms with E-state index in [9.17, 15) is 14.7 Å². The molecule has 2 aromatic carbocycles. The first-order valence-corrected chi connectivity index (χ1v) is 9.44. The van der Waals surface area contributed by atoms with Crippen LogP contribution in [0.25, 0.3) is 6.08 Å². The van der Waals surface area contributed by atoms with E-state index < -0.39 is 17.9 Å². The van der Waals surface area contributed by atoms with Gasteiger partial charge in [-0.2, -0.15) is 0 Å². The van der Waals surface area contributed by atoms with Crippen molar-refractivity contribution >= 4 is 46.3 Å². The van der Waals surface area contributed by atoms with Gasteiger partial charge >= 0.3 is 0 Å². The smallest absolute Gasteiger partial charge is 0.267 e. The Hall–Kier alpha value is -2.84.